The van der Waals surface area contributed by atoms with Gasteiger partial charge in [-0.2, -0.15) is 13.2 Å². The number of aromatic nitrogens is 1. The summed E-state index contributed by atoms with van der Waals surface area (Å²) in [6.45, 7) is 0. The fourth-order valence-corrected chi connectivity index (χ4v) is 2.93. The Bertz CT molecular complexity index is 1070. The zero-order valence-corrected chi connectivity index (χ0v) is 16.4. The van der Waals surface area contributed by atoms with E-state index in [2.05, 4.69) is 15.6 Å². The molecule has 1 heterocycles. The molecule has 7 nitrogen and oxygen atoms in total. The van der Waals surface area contributed by atoms with Crippen molar-refractivity contribution in [1.29, 1.82) is 0 Å². The summed E-state index contributed by atoms with van der Waals surface area (Å²) in [6, 6.07) is 5.04. The monoisotopic (exact) mass is 453 g/mol. The number of pyridine rings is 1. The molecule has 162 valence electrons. The van der Waals surface area contributed by atoms with Gasteiger partial charge in [-0.1, -0.05) is 17.7 Å². The second kappa shape index (κ2) is 9.09. The van der Waals surface area contributed by atoms with Crippen LogP contribution in [0.15, 0.2) is 60.5 Å². The molecule has 2 aromatic rings. The summed E-state index contributed by atoms with van der Waals surface area (Å²) in [6.07, 6.45) is 1.53. The van der Waals surface area contributed by atoms with Crippen LogP contribution in [0.2, 0.25) is 5.02 Å². The zero-order chi connectivity index (χ0) is 22.6. The third-order valence-corrected chi connectivity index (χ3v) is 4.39. The number of halogens is 4. The first-order valence-corrected chi connectivity index (χ1v) is 9.19. The average molecular weight is 454 g/mol. The van der Waals surface area contributed by atoms with Crippen LogP contribution in [0.4, 0.5) is 23.7 Å². The molecule has 0 saturated heterocycles. The molecule has 0 aliphatic heterocycles. The van der Waals surface area contributed by atoms with Gasteiger partial charge in [-0.15, -0.1) is 0 Å². The van der Waals surface area contributed by atoms with E-state index in [0.29, 0.717) is 12.1 Å². The van der Waals surface area contributed by atoms with E-state index in [-0.39, 0.29) is 17.1 Å². The minimum absolute atomic E-state index is 0.0830. The van der Waals surface area contributed by atoms with Crippen molar-refractivity contribution in [3.63, 3.8) is 0 Å². The van der Waals surface area contributed by atoms with Gasteiger partial charge in [0.05, 0.1) is 10.6 Å². The van der Waals surface area contributed by atoms with Gasteiger partial charge in [0.15, 0.2) is 5.69 Å². The number of benzene rings is 1. The molecule has 0 saturated carbocycles. The van der Waals surface area contributed by atoms with Crippen molar-refractivity contribution in [2.75, 3.05) is 5.32 Å². The maximum atomic E-state index is 12.9. The number of hydrogen-bond donors (Lipinski definition) is 3. The summed E-state index contributed by atoms with van der Waals surface area (Å²) >= 11 is 5.57. The Labute approximate surface area is 179 Å². The average Bonchev–Trinajstić information content (AvgIpc) is 2.69. The zero-order valence-electron chi connectivity index (χ0n) is 15.6. The van der Waals surface area contributed by atoms with Gasteiger partial charge in [0.2, 0.25) is 0 Å². The quantitative estimate of drug-likeness (QED) is 0.600. The topological polar surface area (TPSA) is 101 Å². The fraction of sp³-hybridized carbons (Fsp3) is 0.150. The number of alkyl halides is 3. The Hall–Kier alpha value is -3.53. The second-order valence-electron chi connectivity index (χ2n) is 6.37. The van der Waals surface area contributed by atoms with Crippen molar-refractivity contribution in [3.8, 4) is 5.75 Å². The lowest BCUT2D eigenvalue weighted by Gasteiger charge is -2.19. The van der Waals surface area contributed by atoms with Crippen molar-refractivity contribution in [2.45, 2.75) is 18.7 Å². The summed E-state index contributed by atoms with van der Waals surface area (Å²) in [4.78, 5) is 26.9. The molecular weight excluding hydrogens is 439 g/mol. The van der Waals surface area contributed by atoms with Gasteiger partial charge in [-0.05, 0) is 36.4 Å². The number of anilines is 1. The third-order valence-electron chi connectivity index (χ3n) is 4.06. The maximum Gasteiger partial charge on any atom is 0.417 e. The second-order valence-corrected chi connectivity index (χ2v) is 6.78. The lowest BCUT2D eigenvalue weighted by Crippen LogP contribution is -2.30. The van der Waals surface area contributed by atoms with Crippen molar-refractivity contribution in [2.24, 2.45) is 0 Å². The van der Waals surface area contributed by atoms with Gasteiger partial charge in [0, 0.05) is 30.1 Å². The lowest BCUT2D eigenvalue weighted by atomic mass is 10.1. The number of carbonyl (C=O) groups is 2. The highest BCUT2D eigenvalue weighted by atomic mass is 35.5. The highest BCUT2D eigenvalue weighted by Gasteiger charge is 2.33. The highest BCUT2D eigenvalue weighted by molar-refractivity contribution is 6.31. The Morgan fingerprint density at radius 1 is 1.19 bits per heavy atom. The fourth-order valence-electron chi connectivity index (χ4n) is 2.71. The van der Waals surface area contributed by atoms with Gasteiger partial charge < -0.3 is 20.5 Å². The number of nitrogens with zero attached hydrogens (tertiary/aromatic N) is 1. The van der Waals surface area contributed by atoms with Crippen LogP contribution in [0.25, 0.3) is 0 Å². The van der Waals surface area contributed by atoms with Crippen LogP contribution in [-0.2, 0) is 6.18 Å². The number of hydrogen-bond acceptors (Lipinski definition) is 4. The van der Waals surface area contributed by atoms with E-state index < -0.39 is 34.9 Å². The minimum atomic E-state index is -4.65. The number of carboxylic acid groups (broad SMARTS) is 1. The van der Waals surface area contributed by atoms with Crippen LogP contribution in [0, 0.1) is 0 Å². The smallest absolute Gasteiger partial charge is 0.417 e. The van der Waals surface area contributed by atoms with E-state index in [4.69, 9.17) is 21.4 Å². The van der Waals surface area contributed by atoms with Crippen molar-refractivity contribution in [1.82, 2.24) is 10.3 Å². The number of allylic oxidation sites excluding steroid dienone is 1. The molecule has 1 aromatic heterocycles. The Morgan fingerprint density at radius 2 is 1.97 bits per heavy atom. The predicted molar refractivity (Wildman–Crippen MR) is 106 cm³/mol. The van der Waals surface area contributed by atoms with Crippen LogP contribution < -0.4 is 15.4 Å². The number of urea groups is 1. The van der Waals surface area contributed by atoms with Crippen molar-refractivity contribution >= 4 is 29.3 Å². The van der Waals surface area contributed by atoms with E-state index in [1.165, 1.54) is 24.4 Å². The third kappa shape index (κ3) is 5.98. The molecule has 0 bridgehead atoms. The summed E-state index contributed by atoms with van der Waals surface area (Å²) in [5.41, 5.74) is -0.964. The summed E-state index contributed by atoms with van der Waals surface area (Å²) in [5.74, 6) is -0.909. The molecule has 1 aliphatic rings. The Balaban J connectivity index is 1.65. The molecule has 31 heavy (non-hydrogen) atoms. The molecule has 1 unspecified atom stereocenters. The molecule has 0 fully saturated rings. The number of aromatic carboxylic acids is 1. The molecule has 1 atom stereocenters. The standard InChI is InChI=1S/C20H15ClF3N3O4/c21-16-5-4-12(9-15(16)20(22,23)24)27-19(30)26-11-2-1-3-13(8-11)31-14-6-7-25-17(10-14)18(28)29/h1-2,4-10,13H,3H2,(H,28,29)(H2,26,27,30). The first kappa shape index (κ1) is 22.2. The van der Waals surface area contributed by atoms with Crippen LogP contribution >= 0.6 is 11.6 Å². The van der Waals surface area contributed by atoms with E-state index in [1.807, 2.05) is 0 Å². The van der Waals surface area contributed by atoms with E-state index in [1.54, 1.807) is 18.2 Å². The number of carbonyl (C=O) groups excluding carboxylic acids is 1. The van der Waals surface area contributed by atoms with E-state index in [9.17, 15) is 22.8 Å². The molecule has 3 N–H and O–H groups in total. The molecule has 3 rings (SSSR count). The first-order valence-electron chi connectivity index (χ1n) is 8.81. The molecule has 0 spiro atoms. The summed E-state index contributed by atoms with van der Waals surface area (Å²) in [5, 5.41) is 13.3. The van der Waals surface area contributed by atoms with Crippen molar-refractivity contribution < 1.29 is 32.6 Å². The first-order chi connectivity index (χ1) is 14.6. The molecule has 1 aliphatic carbocycles. The van der Waals surface area contributed by atoms with Crippen LogP contribution in [0.3, 0.4) is 0 Å². The molecule has 2 amide bonds. The molecule has 0 radical (unpaired) electrons. The molecule has 1 aromatic carbocycles. The summed E-state index contributed by atoms with van der Waals surface area (Å²) < 4.78 is 44.5. The number of ether oxygens (including phenoxy) is 1. The van der Waals surface area contributed by atoms with Gasteiger partial charge in [0.1, 0.15) is 11.9 Å². The summed E-state index contributed by atoms with van der Waals surface area (Å²) in [7, 11) is 0. The van der Waals surface area contributed by atoms with Gasteiger partial charge in [-0.3, -0.25) is 0 Å². The minimum Gasteiger partial charge on any atom is -0.486 e. The van der Waals surface area contributed by atoms with Crippen LogP contribution in [-0.4, -0.2) is 28.2 Å². The maximum absolute atomic E-state index is 12.9. The lowest BCUT2D eigenvalue weighted by molar-refractivity contribution is -0.137. The highest BCUT2D eigenvalue weighted by Crippen LogP contribution is 2.36. The van der Waals surface area contributed by atoms with Gasteiger partial charge in [0.25, 0.3) is 0 Å². The van der Waals surface area contributed by atoms with E-state index >= 15 is 0 Å². The number of amides is 2. The van der Waals surface area contributed by atoms with Crippen LogP contribution in [0.1, 0.15) is 22.5 Å². The number of rotatable bonds is 5. The SMILES string of the molecule is O=C(NC1=CC(Oc2ccnc(C(=O)O)c2)CC=C1)Nc1ccc(Cl)c(C(F)(F)F)c1. The normalized spacial score (nSPS) is 15.7. The largest absolute Gasteiger partial charge is 0.486 e. The van der Waals surface area contributed by atoms with Crippen molar-refractivity contribution in [3.05, 3.63) is 76.7 Å². The van der Waals surface area contributed by atoms with Gasteiger partial charge in [-0.25, -0.2) is 14.6 Å². The van der Waals surface area contributed by atoms with E-state index in [0.717, 1.165) is 12.1 Å². The predicted octanol–water partition coefficient (Wildman–Crippen LogP) is 4.86. The Kier molecular flexibility index (Phi) is 6.50. The number of nitrogens with one attached hydrogen (secondary N) is 2. The molecular formula is C20H15ClF3N3O4. The Morgan fingerprint density at radius 3 is 2.68 bits per heavy atom. The van der Waals surface area contributed by atoms with Gasteiger partial charge >= 0.3 is 18.2 Å². The molecule has 11 heteroatoms. The number of carboxylic acids is 1. The van der Waals surface area contributed by atoms with Crippen LogP contribution in [0.5, 0.6) is 5.75 Å².